The molecule has 33 heavy (non-hydrogen) atoms. The smallest absolute Gasteiger partial charge is 0.293 e. The number of benzene rings is 2. The lowest BCUT2D eigenvalue weighted by Gasteiger charge is -2.08. The third-order valence-corrected chi connectivity index (χ3v) is 4.37. The quantitative estimate of drug-likeness (QED) is 0.202. The molecule has 14 heteroatoms. The van der Waals surface area contributed by atoms with Crippen LogP contribution in [0.4, 0.5) is 17.2 Å². The lowest BCUT2D eigenvalue weighted by Crippen LogP contribution is -2.21. The molecule has 0 unspecified atom stereocenters. The molecule has 2 aromatic heterocycles. The van der Waals surface area contributed by atoms with Gasteiger partial charge >= 0.3 is 0 Å². The van der Waals surface area contributed by atoms with Crippen molar-refractivity contribution < 1.29 is 14.3 Å². The minimum absolute atomic E-state index is 0.0310. The number of carbonyl (C=O) groups excluding carboxylic acids is 1. The van der Waals surface area contributed by atoms with Gasteiger partial charge in [-0.2, -0.15) is 9.78 Å². The number of nitro benzene ring substituents is 1. The number of nitro groups is 1. The van der Waals surface area contributed by atoms with Gasteiger partial charge in [-0.05, 0) is 22.4 Å². The maximum Gasteiger partial charge on any atom is 0.293 e. The molecule has 4 rings (SSSR count). The number of aromatic nitrogens is 5. The number of nitrogens with two attached hydrogens (primary N) is 1. The number of para-hydroxylation sites is 1. The molecule has 0 atom stereocenters. The molecule has 4 aromatic rings. The van der Waals surface area contributed by atoms with Crippen molar-refractivity contribution in [1.82, 2.24) is 30.7 Å². The Bertz CT molecular complexity index is 1320. The number of carbonyl (C=O) groups is 1. The fraction of sp³-hybridized carbons (Fsp3) is 0.0526. The number of nitrogen functional groups attached to an aromatic ring is 1. The fourth-order valence-electron chi connectivity index (χ4n) is 2.82. The SMILES string of the molecule is Nc1nonc1-n1nnc(C(=O)N/N=C\c2cccc([N+](=O)[O-])c2)c1CNc1ccccc1. The maximum atomic E-state index is 12.7. The van der Waals surface area contributed by atoms with Crippen molar-refractivity contribution >= 4 is 29.3 Å². The first-order valence-corrected chi connectivity index (χ1v) is 9.42. The Labute approximate surface area is 185 Å². The van der Waals surface area contributed by atoms with Crippen molar-refractivity contribution in [2.75, 3.05) is 11.1 Å². The van der Waals surface area contributed by atoms with Gasteiger partial charge in [-0.3, -0.25) is 14.9 Å². The topological polar surface area (TPSA) is 192 Å². The number of hydrogen-bond acceptors (Lipinski definition) is 11. The monoisotopic (exact) mass is 448 g/mol. The highest BCUT2D eigenvalue weighted by Gasteiger charge is 2.23. The third-order valence-electron chi connectivity index (χ3n) is 4.37. The predicted octanol–water partition coefficient (Wildman–Crippen LogP) is 1.52. The van der Waals surface area contributed by atoms with E-state index in [2.05, 4.69) is 41.1 Å². The van der Waals surface area contributed by atoms with E-state index < -0.39 is 10.8 Å². The molecule has 4 N–H and O–H groups in total. The average molecular weight is 448 g/mol. The van der Waals surface area contributed by atoms with Crippen LogP contribution >= 0.6 is 0 Å². The van der Waals surface area contributed by atoms with Crippen LogP contribution in [-0.4, -0.2) is 42.4 Å². The first kappa shape index (κ1) is 21.1. The summed E-state index contributed by atoms with van der Waals surface area (Å²) in [5.74, 6) is -0.620. The zero-order chi connectivity index (χ0) is 23.2. The van der Waals surface area contributed by atoms with Gasteiger partial charge in [0.1, 0.15) is 0 Å². The Morgan fingerprint density at radius 1 is 1.21 bits per heavy atom. The second-order valence-electron chi connectivity index (χ2n) is 6.54. The van der Waals surface area contributed by atoms with Crippen LogP contribution in [-0.2, 0) is 6.54 Å². The molecule has 0 bridgehead atoms. The van der Waals surface area contributed by atoms with Crippen molar-refractivity contribution in [2.45, 2.75) is 6.54 Å². The van der Waals surface area contributed by atoms with E-state index in [1.807, 2.05) is 30.3 Å². The van der Waals surface area contributed by atoms with Crippen LogP contribution in [0.3, 0.4) is 0 Å². The van der Waals surface area contributed by atoms with Crippen LogP contribution in [0, 0.1) is 10.1 Å². The number of nitrogens with one attached hydrogen (secondary N) is 2. The Kier molecular flexibility index (Phi) is 5.97. The predicted molar refractivity (Wildman–Crippen MR) is 116 cm³/mol. The molecule has 0 aliphatic rings. The molecule has 166 valence electrons. The van der Waals surface area contributed by atoms with Crippen molar-refractivity contribution in [3.63, 3.8) is 0 Å². The molecule has 0 aliphatic carbocycles. The standard InChI is InChI=1S/C19H16N10O4/c20-17-18(26-33-25-17)28-15(11-21-13-6-2-1-3-7-13)16(23-27-28)19(30)24-22-10-12-5-4-8-14(9-12)29(31)32/h1-10,21H,11H2,(H2,20,25)(H,24,30)/b22-10-. The van der Waals surface area contributed by atoms with Crippen molar-refractivity contribution in [1.29, 1.82) is 0 Å². The second-order valence-corrected chi connectivity index (χ2v) is 6.54. The molecular weight excluding hydrogens is 432 g/mol. The summed E-state index contributed by atoms with van der Waals surface area (Å²) in [5, 5.41) is 33.0. The van der Waals surface area contributed by atoms with Crippen LogP contribution in [0.5, 0.6) is 0 Å². The second kappa shape index (κ2) is 9.34. The first-order valence-electron chi connectivity index (χ1n) is 9.42. The Morgan fingerprint density at radius 2 is 2.03 bits per heavy atom. The minimum Gasteiger partial charge on any atom is -0.379 e. The highest BCUT2D eigenvalue weighted by atomic mass is 16.6. The normalized spacial score (nSPS) is 10.9. The number of amides is 1. The van der Waals surface area contributed by atoms with Crippen LogP contribution in [0.15, 0.2) is 64.3 Å². The first-order chi connectivity index (χ1) is 16.0. The van der Waals surface area contributed by atoms with Gasteiger partial charge in [0.25, 0.3) is 11.6 Å². The average Bonchev–Trinajstić information content (AvgIpc) is 3.44. The van der Waals surface area contributed by atoms with E-state index in [1.54, 1.807) is 6.07 Å². The fourth-order valence-corrected chi connectivity index (χ4v) is 2.82. The lowest BCUT2D eigenvalue weighted by atomic mass is 10.2. The lowest BCUT2D eigenvalue weighted by molar-refractivity contribution is -0.384. The number of non-ortho nitro benzene ring substituents is 1. The van der Waals surface area contributed by atoms with Gasteiger partial charge in [0, 0.05) is 23.4 Å². The van der Waals surface area contributed by atoms with E-state index in [0.717, 1.165) is 5.69 Å². The largest absolute Gasteiger partial charge is 0.379 e. The highest BCUT2D eigenvalue weighted by molar-refractivity contribution is 5.94. The summed E-state index contributed by atoms with van der Waals surface area (Å²) in [6.07, 6.45) is 1.27. The van der Waals surface area contributed by atoms with Crippen molar-refractivity contribution in [3.05, 3.63) is 81.7 Å². The molecular formula is C19H16N10O4. The summed E-state index contributed by atoms with van der Waals surface area (Å²) in [4.78, 5) is 23.1. The minimum atomic E-state index is -0.664. The van der Waals surface area contributed by atoms with E-state index in [4.69, 9.17) is 5.73 Å². The number of rotatable bonds is 8. The van der Waals surface area contributed by atoms with Crippen LogP contribution in [0.2, 0.25) is 0 Å². The molecule has 0 aliphatic heterocycles. The third kappa shape index (κ3) is 4.79. The summed E-state index contributed by atoms with van der Waals surface area (Å²) in [5.41, 5.74) is 9.51. The summed E-state index contributed by atoms with van der Waals surface area (Å²) in [7, 11) is 0. The molecule has 0 fully saturated rings. The maximum absolute atomic E-state index is 12.7. The molecule has 2 heterocycles. The van der Waals surface area contributed by atoms with Gasteiger partial charge in [0.15, 0.2) is 5.69 Å². The van der Waals surface area contributed by atoms with E-state index in [0.29, 0.717) is 11.3 Å². The number of anilines is 2. The number of nitrogens with zero attached hydrogens (tertiary/aromatic N) is 7. The van der Waals surface area contributed by atoms with E-state index in [-0.39, 0.29) is 29.6 Å². The van der Waals surface area contributed by atoms with Gasteiger partial charge in [0.05, 0.1) is 23.4 Å². The van der Waals surface area contributed by atoms with Gasteiger partial charge in [-0.15, -0.1) is 5.10 Å². The zero-order valence-corrected chi connectivity index (χ0v) is 16.8. The van der Waals surface area contributed by atoms with E-state index in [9.17, 15) is 14.9 Å². The Morgan fingerprint density at radius 3 is 2.76 bits per heavy atom. The molecule has 0 spiro atoms. The van der Waals surface area contributed by atoms with Crippen LogP contribution in [0.25, 0.3) is 5.82 Å². The Balaban J connectivity index is 1.56. The summed E-state index contributed by atoms with van der Waals surface area (Å²) < 4.78 is 5.86. The van der Waals surface area contributed by atoms with E-state index in [1.165, 1.54) is 29.1 Å². The van der Waals surface area contributed by atoms with Gasteiger partial charge in [-0.1, -0.05) is 35.5 Å². The summed E-state index contributed by atoms with van der Waals surface area (Å²) in [6, 6.07) is 15.1. The number of hydrazone groups is 1. The van der Waals surface area contributed by atoms with Crippen molar-refractivity contribution in [2.24, 2.45) is 5.10 Å². The number of hydrogen-bond donors (Lipinski definition) is 3. The highest BCUT2D eigenvalue weighted by Crippen LogP contribution is 2.17. The van der Waals surface area contributed by atoms with Gasteiger partial charge < -0.3 is 11.1 Å². The molecule has 14 nitrogen and oxygen atoms in total. The van der Waals surface area contributed by atoms with Crippen LogP contribution < -0.4 is 16.5 Å². The van der Waals surface area contributed by atoms with Gasteiger partial charge in [0.2, 0.25) is 11.6 Å². The Hall–Kier alpha value is -5.14. The van der Waals surface area contributed by atoms with Gasteiger partial charge in [-0.25, -0.2) is 10.1 Å². The zero-order valence-electron chi connectivity index (χ0n) is 16.8. The van der Waals surface area contributed by atoms with Crippen LogP contribution in [0.1, 0.15) is 21.7 Å². The molecule has 1 amide bonds. The summed E-state index contributed by atoms with van der Waals surface area (Å²) in [6.45, 7) is 0.140. The molecule has 0 saturated heterocycles. The van der Waals surface area contributed by atoms with E-state index >= 15 is 0 Å². The molecule has 0 radical (unpaired) electrons. The van der Waals surface area contributed by atoms with Crippen molar-refractivity contribution in [3.8, 4) is 5.82 Å². The summed E-state index contributed by atoms with van der Waals surface area (Å²) >= 11 is 0. The molecule has 0 saturated carbocycles. The molecule has 2 aromatic carbocycles.